The Morgan fingerprint density at radius 1 is 1.38 bits per heavy atom. The SMILES string of the molecule is CCn1nc(C)c(Br)c1CN(CC1CCNCC1)C(C)C. The number of nitrogens with one attached hydrogen (secondary N) is 1. The second kappa shape index (κ2) is 7.75. The Balaban J connectivity index is 2.08. The van der Waals surface area contributed by atoms with Gasteiger partial charge in [-0.25, -0.2) is 0 Å². The number of halogens is 1. The number of nitrogens with zero attached hydrogens (tertiary/aromatic N) is 3. The Bertz CT molecular complexity index is 449. The Kier molecular flexibility index (Phi) is 6.26. The van der Waals surface area contributed by atoms with Gasteiger partial charge in [0.2, 0.25) is 0 Å². The van der Waals surface area contributed by atoms with Crippen LogP contribution in [0.4, 0.5) is 0 Å². The highest BCUT2D eigenvalue weighted by Crippen LogP contribution is 2.24. The number of aryl methyl sites for hydroxylation is 2. The quantitative estimate of drug-likeness (QED) is 0.849. The van der Waals surface area contributed by atoms with E-state index in [1.54, 1.807) is 0 Å². The van der Waals surface area contributed by atoms with Gasteiger partial charge in [-0.1, -0.05) is 0 Å². The van der Waals surface area contributed by atoms with Crippen molar-refractivity contribution in [1.29, 1.82) is 0 Å². The molecule has 0 aliphatic carbocycles. The Morgan fingerprint density at radius 3 is 2.62 bits per heavy atom. The predicted octanol–water partition coefficient (Wildman–Crippen LogP) is 3.18. The van der Waals surface area contributed by atoms with E-state index in [-0.39, 0.29) is 0 Å². The molecule has 0 spiro atoms. The van der Waals surface area contributed by atoms with Crippen LogP contribution in [0.3, 0.4) is 0 Å². The topological polar surface area (TPSA) is 33.1 Å². The minimum absolute atomic E-state index is 0.562. The van der Waals surface area contributed by atoms with Gasteiger partial charge in [0.25, 0.3) is 0 Å². The Hall–Kier alpha value is -0.390. The third-order valence-electron chi connectivity index (χ3n) is 4.49. The highest BCUT2D eigenvalue weighted by molar-refractivity contribution is 9.10. The molecule has 0 radical (unpaired) electrons. The molecule has 1 aliphatic rings. The summed E-state index contributed by atoms with van der Waals surface area (Å²) in [6.45, 7) is 14.3. The third-order valence-corrected chi connectivity index (χ3v) is 5.52. The van der Waals surface area contributed by atoms with Gasteiger partial charge >= 0.3 is 0 Å². The number of hydrogen-bond donors (Lipinski definition) is 1. The van der Waals surface area contributed by atoms with Crippen LogP contribution >= 0.6 is 15.9 Å². The van der Waals surface area contributed by atoms with E-state index >= 15 is 0 Å². The van der Waals surface area contributed by atoms with Crippen LogP contribution in [0.1, 0.15) is 45.0 Å². The molecule has 2 rings (SSSR count). The molecule has 2 heterocycles. The molecule has 21 heavy (non-hydrogen) atoms. The third kappa shape index (κ3) is 4.30. The van der Waals surface area contributed by atoms with Crippen LogP contribution in [0.15, 0.2) is 4.47 Å². The molecule has 0 unspecified atom stereocenters. The first kappa shape index (κ1) is 17.0. The lowest BCUT2D eigenvalue weighted by Crippen LogP contribution is -2.39. The molecule has 1 N–H and O–H groups in total. The van der Waals surface area contributed by atoms with Crippen molar-refractivity contribution in [2.24, 2.45) is 5.92 Å². The first-order valence-electron chi connectivity index (χ1n) is 8.19. The second-order valence-electron chi connectivity index (χ2n) is 6.38. The molecule has 1 saturated heterocycles. The Morgan fingerprint density at radius 2 is 2.05 bits per heavy atom. The fourth-order valence-electron chi connectivity index (χ4n) is 3.07. The number of hydrogen-bond acceptors (Lipinski definition) is 3. The summed E-state index contributed by atoms with van der Waals surface area (Å²) in [6.07, 6.45) is 2.60. The number of rotatable bonds is 6. The number of piperidine rings is 1. The molecule has 120 valence electrons. The van der Waals surface area contributed by atoms with Crippen molar-refractivity contribution in [2.75, 3.05) is 19.6 Å². The van der Waals surface area contributed by atoms with E-state index in [1.807, 2.05) is 0 Å². The average Bonchev–Trinajstić information content (AvgIpc) is 2.75. The van der Waals surface area contributed by atoms with E-state index in [0.717, 1.165) is 24.7 Å². The van der Waals surface area contributed by atoms with Gasteiger partial charge in [0, 0.05) is 25.7 Å². The molecule has 0 atom stereocenters. The maximum atomic E-state index is 4.62. The highest BCUT2D eigenvalue weighted by Gasteiger charge is 2.22. The molecular formula is C16H29BrN4. The van der Waals surface area contributed by atoms with Gasteiger partial charge in [-0.05, 0) is 75.5 Å². The van der Waals surface area contributed by atoms with Crippen LogP contribution < -0.4 is 5.32 Å². The normalized spacial score (nSPS) is 17.1. The molecular weight excluding hydrogens is 328 g/mol. The summed E-state index contributed by atoms with van der Waals surface area (Å²) in [5.41, 5.74) is 2.41. The average molecular weight is 357 g/mol. The fourth-order valence-corrected chi connectivity index (χ4v) is 3.48. The molecule has 1 fully saturated rings. The van der Waals surface area contributed by atoms with E-state index in [0.29, 0.717) is 6.04 Å². The van der Waals surface area contributed by atoms with Crippen molar-refractivity contribution < 1.29 is 0 Å². The summed E-state index contributed by atoms with van der Waals surface area (Å²) < 4.78 is 3.32. The van der Waals surface area contributed by atoms with Crippen LogP contribution in [-0.2, 0) is 13.1 Å². The van der Waals surface area contributed by atoms with Crippen LogP contribution in [0.25, 0.3) is 0 Å². The van der Waals surface area contributed by atoms with Crippen LogP contribution in [0.5, 0.6) is 0 Å². The summed E-state index contributed by atoms with van der Waals surface area (Å²) in [5.74, 6) is 0.825. The molecule has 1 aromatic rings. The van der Waals surface area contributed by atoms with Crippen molar-refractivity contribution >= 4 is 15.9 Å². The van der Waals surface area contributed by atoms with Gasteiger partial charge in [0.1, 0.15) is 0 Å². The molecule has 4 nitrogen and oxygen atoms in total. The van der Waals surface area contributed by atoms with Crippen molar-refractivity contribution in [2.45, 2.75) is 59.7 Å². The molecule has 0 amide bonds. The highest BCUT2D eigenvalue weighted by atomic mass is 79.9. The largest absolute Gasteiger partial charge is 0.317 e. The van der Waals surface area contributed by atoms with Gasteiger partial charge < -0.3 is 5.32 Å². The van der Waals surface area contributed by atoms with Gasteiger partial charge in [-0.15, -0.1) is 0 Å². The zero-order valence-corrected chi connectivity index (χ0v) is 15.4. The number of aromatic nitrogens is 2. The molecule has 0 saturated carbocycles. The van der Waals surface area contributed by atoms with Crippen LogP contribution in [0, 0.1) is 12.8 Å². The molecule has 1 aliphatic heterocycles. The lowest BCUT2D eigenvalue weighted by Gasteiger charge is -2.33. The summed E-state index contributed by atoms with van der Waals surface area (Å²) in [6, 6.07) is 0.562. The predicted molar refractivity (Wildman–Crippen MR) is 91.5 cm³/mol. The van der Waals surface area contributed by atoms with Crippen molar-refractivity contribution in [3.63, 3.8) is 0 Å². The van der Waals surface area contributed by atoms with E-state index in [2.05, 4.69) is 63.6 Å². The van der Waals surface area contributed by atoms with Crippen LogP contribution in [0.2, 0.25) is 0 Å². The standard InChI is InChI=1S/C16H29BrN4/c1-5-21-15(16(17)13(4)19-21)11-20(12(2)3)10-14-6-8-18-9-7-14/h12,14,18H,5-11H2,1-4H3. The van der Waals surface area contributed by atoms with Gasteiger partial charge in [-0.2, -0.15) is 5.10 Å². The van der Waals surface area contributed by atoms with Gasteiger partial charge in [0.05, 0.1) is 15.9 Å². The maximum absolute atomic E-state index is 4.62. The lowest BCUT2D eigenvalue weighted by molar-refractivity contribution is 0.157. The zero-order valence-electron chi connectivity index (χ0n) is 13.8. The summed E-state index contributed by atoms with van der Waals surface area (Å²) >= 11 is 3.72. The van der Waals surface area contributed by atoms with Crippen molar-refractivity contribution in [1.82, 2.24) is 20.0 Å². The monoisotopic (exact) mass is 356 g/mol. The van der Waals surface area contributed by atoms with Gasteiger partial charge in [0.15, 0.2) is 0 Å². The lowest BCUT2D eigenvalue weighted by atomic mass is 9.97. The minimum Gasteiger partial charge on any atom is -0.317 e. The Labute approximate surface area is 137 Å². The zero-order chi connectivity index (χ0) is 15.4. The summed E-state index contributed by atoms with van der Waals surface area (Å²) in [4.78, 5) is 2.60. The van der Waals surface area contributed by atoms with Crippen molar-refractivity contribution in [3.8, 4) is 0 Å². The van der Waals surface area contributed by atoms with E-state index in [1.165, 1.54) is 42.6 Å². The van der Waals surface area contributed by atoms with Crippen molar-refractivity contribution in [3.05, 3.63) is 15.9 Å². The summed E-state index contributed by atoms with van der Waals surface area (Å²) in [7, 11) is 0. The van der Waals surface area contributed by atoms with E-state index in [9.17, 15) is 0 Å². The smallest absolute Gasteiger partial charge is 0.0739 e. The van der Waals surface area contributed by atoms with E-state index in [4.69, 9.17) is 0 Å². The maximum Gasteiger partial charge on any atom is 0.0739 e. The molecule has 1 aromatic heterocycles. The minimum atomic E-state index is 0.562. The fraction of sp³-hybridized carbons (Fsp3) is 0.812. The van der Waals surface area contributed by atoms with Crippen LogP contribution in [-0.4, -0.2) is 40.4 Å². The summed E-state index contributed by atoms with van der Waals surface area (Å²) in [5, 5.41) is 8.08. The van der Waals surface area contributed by atoms with E-state index < -0.39 is 0 Å². The molecule has 5 heteroatoms. The molecule has 0 bridgehead atoms. The molecule has 0 aromatic carbocycles. The second-order valence-corrected chi connectivity index (χ2v) is 7.17. The van der Waals surface area contributed by atoms with Gasteiger partial charge in [-0.3, -0.25) is 9.58 Å². The first-order valence-corrected chi connectivity index (χ1v) is 8.98. The first-order chi connectivity index (χ1) is 10.0.